The third-order valence-corrected chi connectivity index (χ3v) is 3.96. The number of hydrogen-bond acceptors (Lipinski definition) is 3. The Morgan fingerprint density at radius 2 is 1.90 bits per heavy atom. The van der Waals surface area contributed by atoms with Crippen LogP contribution in [0, 0.1) is 0 Å². The summed E-state index contributed by atoms with van der Waals surface area (Å²) in [4.78, 5) is 20.1. The summed E-state index contributed by atoms with van der Waals surface area (Å²) in [5, 5.41) is 4.22. The van der Waals surface area contributed by atoms with Crippen LogP contribution in [-0.4, -0.2) is 38.3 Å². The number of para-hydroxylation sites is 1. The Morgan fingerprint density at radius 3 is 2.50 bits per heavy atom. The first kappa shape index (κ1) is 12.7. The van der Waals surface area contributed by atoms with Crippen LogP contribution in [0.2, 0.25) is 0 Å². The lowest BCUT2D eigenvalue weighted by Gasteiger charge is -2.33. The number of hydrogen-bond donors (Lipinski definition) is 0. The SMILES string of the molecule is CN1C(=O)N(c2ccccc2)C(n2cncn2)C1(C)C. The fourth-order valence-electron chi connectivity index (χ4n) is 2.63. The van der Waals surface area contributed by atoms with Gasteiger partial charge in [-0.05, 0) is 26.0 Å². The molecule has 2 aromatic rings. The standard InChI is InChI=1S/C14H17N5O/c1-14(2)12(18-10-15-9-16-18)19(13(20)17(14)3)11-7-5-4-6-8-11/h4-10,12H,1-3H3. The molecule has 1 aliphatic rings. The fraction of sp³-hybridized carbons (Fsp3) is 0.357. The molecule has 0 N–H and O–H groups in total. The van der Waals surface area contributed by atoms with Crippen molar-refractivity contribution in [1.82, 2.24) is 19.7 Å². The van der Waals surface area contributed by atoms with Gasteiger partial charge in [0, 0.05) is 12.7 Å². The predicted octanol–water partition coefficient (Wildman–Crippen LogP) is 2.13. The second-order valence-corrected chi connectivity index (χ2v) is 5.45. The molecule has 0 saturated carbocycles. The molecule has 1 atom stereocenters. The number of rotatable bonds is 2. The molecule has 0 spiro atoms. The molecule has 1 saturated heterocycles. The maximum absolute atomic E-state index is 12.6. The Bertz CT molecular complexity index is 608. The predicted molar refractivity (Wildman–Crippen MR) is 75.2 cm³/mol. The van der Waals surface area contributed by atoms with Crippen molar-refractivity contribution in [3.05, 3.63) is 43.0 Å². The molecule has 1 fully saturated rings. The summed E-state index contributed by atoms with van der Waals surface area (Å²) < 4.78 is 1.73. The minimum absolute atomic E-state index is 0.0401. The summed E-state index contributed by atoms with van der Waals surface area (Å²) in [7, 11) is 1.81. The number of anilines is 1. The molecule has 3 rings (SSSR count). The van der Waals surface area contributed by atoms with Crippen molar-refractivity contribution < 1.29 is 4.79 Å². The van der Waals surface area contributed by atoms with Crippen molar-refractivity contribution in [3.63, 3.8) is 0 Å². The van der Waals surface area contributed by atoms with Gasteiger partial charge in [-0.15, -0.1) is 0 Å². The number of carbonyl (C=O) groups excluding carboxylic acids is 1. The van der Waals surface area contributed by atoms with Crippen molar-refractivity contribution in [2.45, 2.75) is 25.6 Å². The van der Waals surface area contributed by atoms with E-state index in [2.05, 4.69) is 10.1 Å². The number of benzene rings is 1. The summed E-state index contributed by atoms with van der Waals surface area (Å²) in [6.45, 7) is 4.06. The molecule has 2 amide bonds. The molecule has 2 heterocycles. The van der Waals surface area contributed by atoms with Crippen molar-refractivity contribution in [1.29, 1.82) is 0 Å². The van der Waals surface area contributed by atoms with Gasteiger partial charge < -0.3 is 4.90 Å². The van der Waals surface area contributed by atoms with Crippen molar-refractivity contribution in [3.8, 4) is 0 Å². The van der Waals surface area contributed by atoms with Crippen LogP contribution in [0.1, 0.15) is 20.0 Å². The van der Waals surface area contributed by atoms with Gasteiger partial charge in [0.2, 0.25) is 0 Å². The van der Waals surface area contributed by atoms with Crippen LogP contribution in [0.3, 0.4) is 0 Å². The van der Waals surface area contributed by atoms with Crippen LogP contribution < -0.4 is 4.90 Å². The van der Waals surface area contributed by atoms with Gasteiger partial charge in [-0.25, -0.2) is 14.5 Å². The van der Waals surface area contributed by atoms with Crippen LogP contribution in [0.4, 0.5) is 10.5 Å². The normalized spacial score (nSPS) is 21.6. The molecule has 1 aliphatic heterocycles. The largest absolute Gasteiger partial charge is 0.326 e. The Labute approximate surface area is 117 Å². The van der Waals surface area contributed by atoms with E-state index < -0.39 is 0 Å². The van der Waals surface area contributed by atoms with E-state index in [0.29, 0.717) is 0 Å². The Balaban J connectivity index is 2.13. The average molecular weight is 271 g/mol. The zero-order chi connectivity index (χ0) is 14.3. The Kier molecular flexibility index (Phi) is 2.74. The Hall–Kier alpha value is -2.37. The van der Waals surface area contributed by atoms with E-state index in [-0.39, 0.29) is 17.7 Å². The third kappa shape index (κ3) is 1.68. The first-order chi connectivity index (χ1) is 9.53. The lowest BCUT2D eigenvalue weighted by Crippen LogP contribution is -2.42. The quantitative estimate of drug-likeness (QED) is 0.840. The molecule has 1 aromatic heterocycles. The van der Waals surface area contributed by atoms with E-state index in [4.69, 9.17) is 0 Å². The van der Waals surface area contributed by atoms with Gasteiger partial charge >= 0.3 is 6.03 Å². The molecule has 0 bridgehead atoms. The lowest BCUT2D eigenvalue weighted by molar-refractivity contribution is 0.168. The summed E-state index contributed by atoms with van der Waals surface area (Å²) in [5.41, 5.74) is 0.469. The minimum atomic E-state index is -0.388. The van der Waals surface area contributed by atoms with E-state index in [1.807, 2.05) is 51.2 Å². The van der Waals surface area contributed by atoms with Gasteiger partial charge in [-0.3, -0.25) is 4.90 Å². The number of amides is 2. The summed E-state index contributed by atoms with van der Waals surface area (Å²) in [6.07, 6.45) is 2.90. The zero-order valence-electron chi connectivity index (χ0n) is 11.8. The molecule has 20 heavy (non-hydrogen) atoms. The van der Waals surface area contributed by atoms with E-state index >= 15 is 0 Å². The van der Waals surface area contributed by atoms with Crippen LogP contribution in [0.25, 0.3) is 0 Å². The van der Waals surface area contributed by atoms with Crippen molar-refractivity contribution >= 4 is 11.7 Å². The zero-order valence-corrected chi connectivity index (χ0v) is 11.8. The van der Waals surface area contributed by atoms with Gasteiger partial charge in [-0.2, -0.15) is 5.10 Å². The van der Waals surface area contributed by atoms with Crippen LogP contribution in [0.15, 0.2) is 43.0 Å². The third-order valence-electron chi connectivity index (χ3n) is 3.96. The first-order valence-corrected chi connectivity index (χ1v) is 6.49. The molecule has 0 radical (unpaired) electrons. The summed E-state index contributed by atoms with van der Waals surface area (Å²) >= 11 is 0. The molecule has 6 nitrogen and oxygen atoms in total. The molecular formula is C14H17N5O. The molecular weight excluding hydrogens is 254 g/mol. The number of carbonyl (C=O) groups is 1. The highest BCUT2D eigenvalue weighted by atomic mass is 16.2. The van der Waals surface area contributed by atoms with E-state index in [1.54, 1.807) is 20.8 Å². The lowest BCUT2D eigenvalue weighted by atomic mass is 10.0. The van der Waals surface area contributed by atoms with Crippen LogP contribution in [0.5, 0.6) is 0 Å². The highest BCUT2D eigenvalue weighted by Crippen LogP contribution is 2.41. The minimum Gasteiger partial charge on any atom is -0.318 e. The van der Waals surface area contributed by atoms with Crippen molar-refractivity contribution in [2.75, 3.05) is 11.9 Å². The van der Waals surface area contributed by atoms with Crippen molar-refractivity contribution in [2.24, 2.45) is 0 Å². The van der Waals surface area contributed by atoms with Crippen LogP contribution in [-0.2, 0) is 0 Å². The highest BCUT2D eigenvalue weighted by molar-refractivity contribution is 5.95. The number of urea groups is 1. The van der Waals surface area contributed by atoms with E-state index in [1.165, 1.54) is 6.33 Å². The number of nitrogens with zero attached hydrogens (tertiary/aromatic N) is 5. The molecule has 104 valence electrons. The van der Waals surface area contributed by atoms with E-state index in [9.17, 15) is 4.79 Å². The summed E-state index contributed by atoms with van der Waals surface area (Å²) in [5.74, 6) is 0. The molecule has 1 unspecified atom stereocenters. The average Bonchev–Trinajstić information content (AvgIpc) is 3.02. The fourth-order valence-corrected chi connectivity index (χ4v) is 2.63. The van der Waals surface area contributed by atoms with Gasteiger partial charge in [0.05, 0.1) is 5.54 Å². The maximum Gasteiger partial charge on any atom is 0.326 e. The molecule has 0 aliphatic carbocycles. The number of likely N-dealkylation sites (N-methyl/N-ethyl adjacent to an activating group) is 1. The second-order valence-electron chi connectivity index (χ2n) is 5.45. The smallest absolute Gasteiger partial charge is 0.318 e. The van der Waals surface area contributed by atoms with Gasteiger partial charge in [-0.1, -0.05) is 18.2 Å². The van der Waals surface area contributed by atoms with Crippen LogP contribution >= 0.6 is 0 Å². The maximum atomic E-state index is 12.6. The van der Waals surface area contributed by atoms with Gasteiger partial charge in [0.1, 0.15) is 12.7 Å². The molecule has 6 heteroatoms. The summed E-state index contributed by atoms with van der Waals surface area (Å²) in [6, 6.07) is 9.60. The van der Waals surface area contributed by atoms with Gasteiger partial charge in [0.15, 0.2) is 6.17 Å². The highest BCUT2D eigenvalue weighted by Gasteiger charge is 2.51. The molecule has 1 aromatic carbocycles. The van der Waals surface area contributed by atoms with Gasteiger partial charge in [0.25, 0.3) is 0 Å². The first-order valence-electron chi connectivity index (χ1n) is 6.49. The second kappa shape index (κ2) is 4.33. The topological polar surface area (TPSA) is 54.3 Å². The number of aromatic nitrogens is 3. The Morgan fingerprint density at radius 1 is 1.20 bits per heavy atom. The monoisotopic (exact) mass is 271 g/mol. The van der Waals surface area contributed by atoms with E-state index in [0.717, 1.165) is 5.69 Å².